The summed E-state index contributed by atoms with van der Waals surface area (Å²) in [5.41, 5.74) is 0. The fraction of sp³-hybridized carbons (Fsp3) is 1.00. The first-order valence-corrected chi connectivity index (χ1v) is 11.5. The lowest BCUT2D eigenvalue weighted by Crippen LogP contribution is -2.10. The van der Waals surface area contributed by atoms with Crippen molar-refractivity contribution in [2.24, 2.45) is 0 Å². The highest BCUT2D eigenvalue weighted by Crippen LogP contribution is 2.27. The molecule has 0 aromatic heterocycles. The third kappa shape index (κ3) is 22.1. The maximum atomic E-state index is 10.6. The van der Waals surface area contributed by atoms with Crippen LogP contribution in [0.1, 0.15) is 110 Å². The zero-order chi connectivity index (χ0) is 17.2. The van der Waals surface area contributed by atoms with Crippen molar-refractivity contribution in [3.63, 3.8) is 0 Å². The van der Waals surface area contributed by atoms with E-state index in [0.29, 0.717) is 6.54 Å². The average molecular weight is 349 g/mol. The van der Waals surface area contributed by atoms with Gasteiger partial charge in [0.1, 0.15) is 0 Å². The molecule has 0 spiro atoms. The van der Waals surface area contributed by atoms with E-state index < -0.39 is 7.75 Å². The predicted molar refractivity (Wildman–Crippen MR) is 99.6 cm³/mol. The van der Waals surface area contributed by atoms with Crippen molar-refractivity contribution in [3.05, 3.63) is 0 Å². The Hall–Kier alpha value is 0.110. The molecule has 3 N–H and O–H groups in total. The molecule has 0 rings (SSSR count). The van der Waals surface area contributed by atoms with E-state index in [0.717, 1.165) is 12.8 Å². The van der Waals surface area contributed by atoms with Crippen molar-refractivity contribution in [1.29, 1.82) is 0 Å². The topological polar surface area (TPSA) is 69.6 Å². The van der Waals surface area contributed by atoms with Gasteiger partial charge in [-0.25, -0.2) is 9.65 Å². The zero-order valence-corrected chi connectivity index (χ0v) is 16.2. The minimum absolute atomic E-state index is 0.419. The van der Waals surface area contributed by atoms with Crippen LogP contribution in [0.5, 0.6) is 0 Å². The Bertz CT molecular complexity index is 281. The number of hydrogen-bond donors (Lipinski definition) is 3. The van der Waals surface area contributed by atoms with E-state index in [1.165, 1.54) is 89.9 Å². The summed E-state index contributed by atoms with van der Waals surface area (Å²) in [7, 11) is -4.01. The lowest BCUT2D eigenvalue weighted by molar-refractivity contribution is 0.356. The van der Waals surface area contributed by atoms with Gasteiger partial charge in [-0.3, -0.25) is 0 Å². The molecule has 0 radical (unpaired) electrons. The van der Waals surface area contributed by atoms with Gasteiger partial charge in [0.25, 0.3) is 0 Å². The van der Waals surface area contributed by atoms with Crippen LogP contribution in [0.2, 0.25) is 0 Å². The predicted octanol–water partition coefficient (Wildman–Crippen LogP) is 5.93. The van der Waals surface area contributed by atoms with Gasteiger partial charge < -0.3 is 9.79 Å². The molecule has 0 bridgehead atoms. The van der Waals surface area contributed by atoms with Crippen LogP contribution >= 0.6 is 7.75 Å². The van der Waals surface area contributed by atoms with Crippen molar-refractivity contribution in [2.45, 2.75) is 110 Å². The highest BCUT2D eigenvalue weighted by atomic mass is 31.2. The van der Waals surface area contributed by atoms with Gasteiger partial charge >= 0.3 is 7.75 Å². The Labute approximate surface area is 144 Å². The second-order valence-corrected chi connectivity index (χ2v) is 8.16. The largest absolute Gasteiger partial charge is 0.400 e. The minimum Gasteiger partial charge on any atom is -0.313 e. The van der Waals surface area contributed by atoms with Crippen molar-refractivity contribution >= 4 is 7.75 Å². The number of rotatable bonds is 18. The molecule has 0 atom stereocenters. The van der Waals surface area contributed by atoms with Gasteiger partial charge in [-0.2, -0.15) is 0 Å². The average Bonchev–Trinajstić information content (AvgIpc) is 2.49. The lowest BCUT2D eigenvalue weighted by atomic mass is 10.0. The van der Waals surface area contributed by atoms with E-state index in [1.54, 1.807) is 0 Å². The van der Waals surface area contributed by atoms with Crippen molar-refractivity contribution in [3.8, 4) is 0 Å². The molecule has 0 aliphatic heterocycles. The summed E-state index contributed by atoms with van der Waals surface area (Å²) in [4.78, 5) is 17.3. The summed E-state index contributed by atoms with van der Waals surface area (Å²) in [6, 6.07) is 0. The van der Waals surface area contributed by atoms with E-state index in [9.17, 15) is 4.57 Å². The normalized spacial score (nSPS) is 12.0. The minimum atomic E-state index is -4.01. The van der Waals surface area contributed by atoms with Crippen LogP contribution in [0.25, 0.3) is 0 Å². The summed E-state index contributed by atoms with van der Waals surface area (Å²) in [6.07, 6.45) is 21.0. The van der Waals surface area contributed by atoms with E-state index in [1.807, 2.05) is 0 Å². The van der Waals surface area contributed by atoms with E-state index in [-0.39, 0.29) is 0 Å². The van der Waals surface area contributed by atoms with Gasteiger partial charge in [-0.1, -0.05) is 103 Å². The van der Waals surface area contributed by atoms with Crippen molar-refractivity contribution < 1.29 is 14.4 Å². The molecule has 0 aliphatic carbocycles. The van der Waals surface area contributed by atoms with Crippen LogP contribution in [-0.4, -0.2) is 16.3 Å². The molecule has 0 amide bonds. The third-order valence-electron chi connectivity index (χ3n) is 4.35. The number of nitrogens with one attached hydrogen (secondary N) is 1. The second-order valence-electron chi connectivity index (χ2n) is 6.76. The summed E-state index contributed by atoms with van der Waals surface area (Å²) < 4.78 is 10.6. The highest BCUT2D eigenvalue weighted by Gasteiger charge is 2.09. The molecule has 0 heterocycles. The molecule has 0 aromatic carbocycles. The molecule has 23 heavy (non-hydrogen) atoms. The van der Waals surface area contributed by atoms with Gasteiger partial charge in [0.15, 0.2) is 0 Å². The van der Waals surface area contributed by atoms with Crippen LogP contribution in [0.15, 0.2) is 0 Å². The Balaban J connectivity index is 3.01. The fourth-order valence-corrected chi connectivity index (χ4v) is 3.35. The van der Waals surface area contributed by atoms with Gasteiger partial charge in [0.05, 0.1) is 0 Å². The molecule has 5 heteroatoms. The highest BCUT2D eigenvalue weighted by molar-refractivity contribution is 7.49. The number of hydrogen-bond acceptors (Lipinski definition) is 1. The van der Waals surface area contributed by atoms with E-state index >= 15 is 0 Å². The van der Waals surface area contributed by atoms with Crippen LogP contribution in [0.4, 0.5) is 0 Å². The van der Waals surface area contributed by atoms with Crippen molar-refractivity contribution in [1.82, 2.24) is 5.09 Å². The molecular formula is C18H40NO3P. The molecule has 0 aliphatic rings. The smallest absolute Gasteiger partial charge is 0.313 e. The van der Waals surface area contributed by atoms with Crippen LogP contribution < -0.4 is 5.09 Å². The van der Waals surface area contributed by atoms with Crippen LogP contribution in [0, 0.1) is 0 Å². The monoisotopic (exact) mass is 349 g/mol. The van der Waals surface area contributed by atoms with Gasteiger partial charge in [0.2, 0.25) is 0 Å². The Morgan fingerprint density at radius 1 is 0.609 bits per heavy atom. The van der Waals surface area contributed by atoms with E-state index in [4.69, 9.17) is 9.79 Å². The molecule has 0 saturated heterocycles. The quantitative estimate of drug-likeness (QED) is 0.212. The molecule has 0 fully saturated rings. The lowest BCUT2D eigenvalue weighted by Gasteiger charge is -2.06. The summed E-state index contributed by atoms with van der Waals surface area (Å²) in [6.45, 7) is 2.69. The first-order chi connectivity index (χ1) is 11.1. The summed E-state index contributed by atoms with van der Waals surface area (Å²) in [5, 5.41) is 2.24. The molecule has 4 nitrogen and oxygen atoms in total. The Morgan fingerprint density at radius 3 is 1.22 bits per heavy atom. The molecule has 0 unspecified atom stereocenters. The molecule has 140 valence electrons. The third-order valence-corrected chi connectivity index (χ3v) is 4.98. The number of unbranched alkanes of at least 4 members (excludes halogenated alkanes) is 15. The molecule has 0 saturated carbocycles. The standard InChI is InChI=1S/C18H40NO3P/c1-2-3-4-5-6-7-8-9-10-11-12-13-14-15-16-17-18-19-23(20,21)22/h2-18H2,1H3,(H3,19,20,21,22). The second kappa shape index (κ2) is 17.0. The van der Waals surface area contributed by atoms with Gasteiger partial charge in [0, 0.05) is 6.54 Å². The molecular weight excluding hydrogens is 309 g/mol. The maximum absolute atomic E-state index is 10.6. The molecule has 0 aromatic rings. The van der Waals surface area contributed by atoms with Crippen LogP contribution in [-0.2, 0) is 4.57 Å². The van der Waals surface area contributed by atoms with Crippen LogP contribution in [0.3, 0.4) is 0 Å². The fourth-order valence-electron chi connectivity index (χ4n) is 2.90. The first-order valence-electron chi connectivity index (χ1n) is 9.87. The van der Waals surface area contributed by atoms with Gasteiger partial charge in [-0.15, -0.1) is 0 Å². The van der Waals surface area contributed by atoms with Crippen molar-refractivity contribution in [2.75, 3.05) is 6.54 Å². The maximum Gasteiger partial charge on any atom is 0.400 e. The SMILES string of the molecule is CCCCCCCCCCCCCCCCCCNP(=O)(O)O. The summed E-state index contributed by atoms with van der Waals surface area (Å²) >= 11 is 0. The van der Waals surface area contributed by atoms with Gasteiger partial charge in [-0.05, 0) is 6.42 Å². The first kappa shape index (κ1) is 23.1. The van der Waals surface area contributed by atoms with E-state index in [2.05, 4.69) is 12.0 Å². The zero-order valence-electron chi connectivity index (χ0n) is 15.3. The summed E-state index contributed by atoms with van der Waals surface area (Å²) in [5.74, 6) is 0. The Kier molecular flexibility index (Phi) is 17.0. The Morgan fingerprint density at radius 2 is 0.913 bits per heavy atom.